The average molecular weight is 483 g/mol. The zero-order valence-electron chi connectivity index (χ0n) is 14.9. The topological polar surface area (TPSA) is 102 Å². The van der Waals surface area contributed by atoms with Crippen LogP contribution >= 0.6 is 27.5 Å². The molecule has 0 saturated carbocycles. The van der Waals surface area contributed by atoms with Gasteiger partial charge in [-0.25, -0.2) is 9.02 Å². The zero-order chi connectivity index (χ0) is 20.8. The Hall–Kier alpha value is -2.98. The first-order chi connectivity index (χ1) is 14.0. The summed E-state index contributed by atoms with van der Waals surface area (Å²) in [6, 6.07) is 11.1. The number of carbonyl (C=O) groups excluding carboxylic acids is 1. The van der Waals surface area contributed by atoms with Crippen molar-refractivity contribution >= 4 is 50.8 Å². The van der Waals surface area contributed by atoms with Gasteiger partial charge in [-0.2, -0.15) is 0 Å². The number of hydrogen-bond acceptors (Lipinski definition) is 6. The largest absolute Gasteiger partial charge is 0.482 e. The SMILES string of the molecule is CN=C(Nc1ccc(F)c(Br)c1)c1nonc1NC(=O)COc1ccccc1Cl. The highest BCUT2D eigenvalue weighted by atomic mass is 79.9. The number of rotatable bonds is 6. The molecule has 11 heteroatoms. The van der Waals surface area contributed by atoms with Gasteiger partial charge in [-0.15, -0.1) is 0 Å². The third-order valence-corrected chi connectivity index (χ3v) is 4.49. The fourth-order valence-corrected chi connectivity index (χ4v) is 2.80. The van der Waals surface area contributed by atoms with Crippen LogP contribution in [0.3, 0.4) is 0 Å². The molecule has 29 heavy (non-hydrogen) atoms. The number of ether oxygens (including phenoxy) is 1. The Kier molecular flexibility index (Phi) is 6.78. The zero-order valence-corrected chi connectivity index (χ0v) is 17.3. The van der Waals surface area contributed by atoms with Gasteiger partial charge in [0.2, 0.25) is 5.82 Å². The van der Waals surface area contributed by atoms with Crippen molar-refractivity contribution in [3.05, 3.63) is 63.5 Å². The minimum atomic E-state index is -0.498. The van der Waals surface area contributed by atoms with Crippen LogP contribution in [-0.2, 0) is 4.79 Å². The third kappa shape index (κ3) is 5.30. The molecule has 0 radical (unpaired) electrons. The van der Waals surface area contributed by atoms with Crippen LogP contribution in [0.25, 0.3) is 0 Å². The molecule has 150 valence electrons. The van der Waals surface area contributed by atoms with Gasteiger partial charge in [0.1, 0.15) is 11.6 Å². The summed E-state index contributed by atoms with van der Waals surface area (Å²) in [7, 11) is 1.52. The van der Waals surface area contributed by atoms with Crippen molar-refractivity contribution < 1.29 is 18.6 Å². The predicted octanol–water partition coefficient (Wildman–Crippen LogP) is 4.13. The Morgan fingerprint density at radius 3 is 2.79 bits per heavy atom. The molecule has 1 heterocycles. The van der Waals surface area contributed by atoms with Gasteiger partial charge in [-0.3, -0.25) is 9.79 Å². The summed E-state index contributed by atoms with van der Waals surface area (Å²) in [6.45, 7) is -0.299. The second-order valence-electron chi connectivity index (χ2n) is 5.55. The van der Waals surface area contributed by atoms with Gasteiger partial charge >= 0.3 is 0 Å². The maximum absolute atomic E-state index is 13.4. The van der Waals surface area contributed by atoms with Gasteiger partial charge in [-0.05, 0) is 56.6 Å². The Morgan fingerprint density at radius 2 is 2.07 bits per heavy atom. The molecule has 1 amide bonds. The molecule has 8 nitrogen and oxygen atoms in total. The molecule has 0 spiro atoms. The number of carbonyl (C=O) groups is 1. The molecule has 0 aliphatic rings. The van der Waals surface area contributed by atoms with Crippen LogP contribution in [0.5, 0.6) is 5.75 Å². The van der Waals surface area contributed by atoms with E-state index in [4.69, 9.17) is 21.0 Å². The predicted molar refractivity (Wildman–Crippen MR) is 110 cm³/mol. The van der Waals surface area contributed by atoms with Crippen LogP contribution in [0.1, 0.15) is 5.69 Å². The number of nitrogens with zero attached hydrogens (tertiary/aromatic N) is 3. The highest BCUT2D eigenvalue weighted by Crippen LogP contribution is 2.23. The first-order valence-corrected chi connectivity index (χ1v) is 9.34. The van der Waals surface area contributed by atoms with E-state index in [1.165, 1.54) is 25.2 Å². The van der Waals surface area contributed by atoms with Crippen LogP contribution in [0.2, 0.25) is 5.02 Å². The Morgan fingerprint density at radius 1 is 1.28 bits per heavy atom. The lowest BCUT2D eigenvalue weighted by molar-refractivity contribution is -0.118. The normalized spacial score (nSPS) is 11.2. The molecule has 2 N–H and O–H groups in total. The third-order valence-electron chi connectivity index (χ3n) is 3.57. The summed E-state index contributed by atoms with van der Waals surface area (Å²) in [5.74, 6) is -0.219. The number of aromatic nitrogens is 2. The van der Waals surface area contributed by atoms with Gasteiger partial charge in [0.05, 0.1) is 9.50 Å². The highest BCUT2D eigenvalue weighted by molar-refractivity contribution is 9.10. The number of hydrogen-bond donors (Lipinski definition) is 2. The molecule has 3 rings (SSSR count). The van der Waals surface area contributed by atoms with E-state index in [0.717, 1.165) is 0 Å². The summed E-state index contributed by atoms with van der Waals surface area (Å²) in [5, 5.41) is 13.3. The number of para-hydroxylation sites is 1. The van der Waals surface area contributed by atoms with Crippen LogP contribution in [0.15, 0.2) is 56.6 Å². The van der Waals surface area contributed by atoms with Crippen molar-refractivity contribution in [1.29, 1.82) is 0 Å². The van der Waals surface area contributed by atoms with Crippen molar-refractivity contribution in [1.82, 2.24) is 10.3 Å². The highest BCUT2D eigenvalue weighted by Gasteiger charge is 2.19. The molecular formula is C18H14BrClFN5O3. The maximum atomic E-state index is 13.4. The monoisotopic (exact) mass is 481 g/mol. The summed E-state index contributed by atoms with van der Waals surface area (Å²) < 4.78 is 23.8. The average Bonchev–Trinajstić information content (AvgIpc) is 3.16. The minimum absolute atomic E-state index is 0.0482. The lowest BCUT2D eigenvalue weighted by Gasteiger charge is -2.10. The first-order valence-electron chi connectivity index (χ1n) is 8.17. The van der Waals surface area contributed by atoms with Crippen molar-refractivity contribution in [3.8, 4) is 5.75 Å². The maximum Gasteiger partial charge on any atom is 0.263 e. The number of aliphatic imine (C=N–C) groups is 1. The number of halogens is 3. The minimum Gasteiger partial charge on any atom is -0.482 e. The van der Waals surface area contributed by atoms with E-state index in [-0.39, 0.29) is 28.4 Å². The molecule has 0 atom stereocenters. The summed E-state index contributed by atoms with van der Waals surface area (Å²) in [5.41, 5.74) is 0.709. The summed E-state index contributed by atoms with van der Waals surface area (Å²) in [4.78, 5) is 16.3. The molecule has 0 aliphatic heterocycles. The number of amides is 1. The molecule has 2 aromatic carbocycles. The van der Waals surface area contributed by atoms with E-state index in [2.05, 4.69) is 41.9 Å². The number of nitrogens with one attached hydrogen (secondary N) is 2. The van der Waals surface area contributed by atoms with Gasteiger partial charge in [0, 0.05) is 12.7 Å². The Balaban J connectivity index is 1.68. The van der Waals surface area contributed by atoms with Crippen molar-refractivity contribution in [2.75, 3.05) is 24.3 Å². The number of anilines is 2. The molecule has 0 bridgehead atoms. The lowest BCUT2D eigenvalue weighted by Crippen LogP contribution is -2.23. The molecule has 0 saturated heterocycles. The van der Waals surface area contributed by atoms with E-state index in [1.54, 1.807) is 24.3 Å². The Bertz CT molecular complexity index is 1060. The van der Waals surface area contributed by atoms with Crippen LogP contribution in [0, 0.1) is 5.82 Å². The van der Waals surface area contributed by atoms with Gasteiger partial charge in [0.25, 0.3) is 5.91 Å². The van der Waals surface area contributed by atoms with E-state index < -0.39 is 11.7 Å². The standard InChI is InChI=1S/C18H14BrClFN5O3/c1-22-17(23-10-6-7-13(21)11(19)8-10)16-18(26-29-25-16)24-15(27)9-28-14-5-3-2-4-12(14)20/h2-8H,9H2,1H3,(H,22,23)(H,24,26,27). The van der Waals surface area contributed by atoms with Gasteiger partial charge in [-0.1, -0.05) is 23.7 Å². The molecule has 1 aromatic heterocycles. The fraction of sp³-hybridized carbons (Fsp3) is 0.111. The van der Waals surface area contributed by atoms with Crippen molar-refractivity contribution in [2.45, 2.75) is 0 Å². The van der Waals surface area contributed by atoms with Gasteiger partial charge in [0.15, 0.2) is 18.1 Å². The van der Waals surface area contributed by atoms with Crippen LogP contribution < -0.4 is 15.4 Å². The first kappa shape index (κ1) is 20.7. The van der Waals surface area contributed by atoms with E-state index >= 15 is 0 Å². The number of amidine groups is 1. The summed E-state index contributed by atoms with van der Waals surface area (Å²) in [6.07, 6.45) is 0. The van der Waals surface area contributed by atoms with Crippen molar-refractivity contribution in [3.63, 3.8) is 0 Å². The quantitative estimate of drug-likeness (QED) is 0.405. The fourth-order valence-electron chi connectivity index (χ4n) is 2.23. The van der Waals surface area contributed by atoms with Gasteiger partial charge < -0.3 is 15.4 Å². The smallest absolute Gasteiger partial charge is 0.263 e. The Labute approximate surface area is 178 Å². The van der Waals surface area contributed by atoms with Crippen LogP contribution in [-0.4, -0.2) is 35.7 Å². The van der Waals surface area contributed by atoms with E-state index in [9.17, 15) is 9.18 Å². The molecular weight excluding hydrogens is 469 g/mol. The van der Waals surface area contributed by atoms with Crippen LogP contribution in [0.4, 0.5) is 15.9 Å². The second kappa shape index (κ2) is 9.48. The van der Waals surface area contributed by atoms with E-state index in [1.807, 2.05) is 0 Å². The molecule has 0 aliphatic carbocycles. The molecule has 0 fully saturated rings. The lowest BCUT2D eigenvalue weighted by atomic mass is 10.3. The second-order valence-corrected chi connectivity index (χ2v) is 6.82. The molecule has 0 unspecified atom stereocenters. The number of benzene rings is 2. The molecule has 3 aromatic rings. The van der Waals surface area contributed by atoms with E-state index in [0.29, 0.717) is 16.5 Å². The summed E-state index contributed by atoms with van der Waals surface area (Å²) >= 11 is 9.10. The van der Waals surface area contributed by atoms with Crippen molar-refractivity contribution in [2.24, 2.45) is 4.99 Å².